The number of fused-ring (bicyclic) bond motifs is 1. The van der Waals surface area contributed by atoms with E-state index in [2.05, 4.69) is 10.3 Å². The van der Waals surface area contributed by atoms with E-state index in [4.69, 9.17) is 11.6 Å². The Bertz CT molecular complexity index is 1370. The molecule has 166 valence electrons. The normalized spacial score (nSPS) is 11.1. The first-order valence-electron chi connectivity index (χ1n) is 10.4. The number of benzene rings is 3. The Morgan fingerprint density at radius 2 is 1.70 bits per heavy atom. The molecule has 3 aromatic carbocycles. The molecule has 1 N–H and O–H groups in total. The SMILES string of the molecule is CN(C)c1ccc(/C=C/c2nc3ccccc3c(=O)n2CC(=O)Nc2ccc(Cl)cc2)cc1. The van der Waals surface area contributed by atoms with Crippen molar-refractivity contribution >= 4 is 51.9 Å². The second-order valence-electron chi connectivity index (χ2n) is 7.75. The molecular weight excluding hydrogens is 436 g/mol. The highest BCUT2D eigenvalue weighted by atomic mass is 35.5. The van der Waals surface area contributed by atoms with Gasteiger partial charge in [0.25, 0.3) is 5.56 Å². The highest BCUT2D eigenvalue weighted by molar-refractivity contribution is 6.30. The van der Waals surface area contributed by atoms with Crippen molar-refractivity contribution in [3.63, 3.8) is 0 Å². The number of nitrogens with zero attached hydrogens (tertiary/aromatic N) is 3. The van der Waals surface area contributed by atoms with Gasteiger partial charge in [-0.25, -0.2) is 4.98 Å². The standard InChI is InChI=1S/C26H23ClN4O2/c1-30(2)21-14-7-18(8-15-21)9-16-24-29-23-6-4-3-5-22(23)26(33)31(24)17-25(32)28-20-12-10-19(27)11-13-20/h3-16H,17H2,1-2H3,(H,28,32)/b16-9+. The number of anilines is 2. The molecule has 4 rings (SSSR count). The number of carbonyl (C=O) groups excluding carboxylic acids is 1. The smallest absolute Gasteiger partial charge is 0.262 e. The number of nitrogens with one attached hydrogen (secondary N) is 1. The van der Waals surface area contributed by atoms with Crippen LogP contribution in [0.5, 0.6) is 0 Å². The van der Waals surface area contributed by atoms with Crippen molar-refractivity contribution in [2.24, 2.45) is 0 Å². The lowest BCUT2D eigenvalue weighted by Gasteiger charge is -2.12. The Hall–Kier alpha value is -3.90. The predicted octanol–water partition coefficient (Wildman–Crippen LogP) is 4.93. The zero-order chi connectivity index (χ0) is 23.4. The maximum absolute atomic E-state index is 13.2. The van der Waals surface area contributed by atoms with Gasteiger partial charge in [0.2, 0.25) is 5.91 Å². The number of carbonyl (C=O) groups is 1. The van der Waals surface area contributed by atoms with Crippen molar-refractivity contribution in [3.8, 4) is 0 Å². The first kappa shape index (κ1) is 22.3. The molecule has 0 saturated carbocycles. The summed E-state index contributed by atoms with van der Waals surface area (Å²) in [5.41, 5.74) is 2.96. The molecule has 33 heavy (non-hydrogen) atoms. The van der Waals surface area contributed by atoms with E-state index >= 15 is 0 Å². The Morgan fingerprint density at radius 1 is 1.00 bits per heavy atom. The molecule has 0 unspecified atom stereocenters. The van der Waals surface area contributed by atoms with Crippen molar-refractivity contribution in [2.75, 3.05) is 24.3 Å². The molecule has 0 radical (unpaired) electrons. The van der Waals surface area contributed by atoms with Gasteiger partial charge in [0.15, 0.2) is 0 Å². The van der Waals surface area contributed by atoms with Crippen LogP contribution >= 0.6 is 11.6 Å². The van der Waals surface area contributed by atoms with Crippen molar-refractivity contribution in [1.82, 2.24) is 9.55 Å². The highest BCUT2D eigenvalue weighted by Crippen LogP contribution is 2.16. The molecule has 0 fully saturated rings. The number of hydrogen-bond acceptors (Lipinski definition) is 4. The highest BCUT2D eigenvalue weighted by Gasteiger charge is 2.13. The predicted molar refractivity (Wildman–Crippen MR) is 136 cm³/mol. The molecule has 0 aliphatic heterocycles. The molecule has 0 aliphatic rings. The molecule has 0 atom stereocenters. The van der Waals surface area contributed by atoms with E-state index < -0.39 is 0 Å². The number of amides is 1. The van der Waals surface area contributed by atoms with Gasteiger partial charge in [-0.3, -0.25) is 14.2 Å². The molecule has 0 saturated heterocycles. The maximum Gasteiger partial charge on any atom is 0.262 e. The van der Waals surface area contributed by atoms with E-state index in [9.17, 15) is 9.59 Å². The monoisotopic (exact) mass is 458 g/mol. The minimum absolute atomic E-state index is 0.168. The van der Waals surface area contributed by atoms with E-state index in [0.717, 1.165) is 11.3 Å². The molecule has 0 aliphatic carbocycles. The molecule has 4 aromatic rings. The number of para-hydroxylation sites is 1. The van der Waals surface area contributed by atoms with E-state index in [1.54, 1.807) is 48.5 Å². The fourth-order valence-corrected chi connectivity index (χ4v) is 3.52. The van der Waals surface area contributed by atoms with Gasteiger partial charge in [0, 0.05) is 30.5 Å². The quantitative estimate of drug-likeness (QED) is 0.445. The summed E-state index contributed by atoms with van der Waals surface area (Å²) in [7, 11) is 3.97. The van der Waals surface area contributed by atoms with Crippen LogP contribution in [0.1, 0.15) is 11.4 Å². The third-order valence-corrected chi connectivity index (χ3v) is 5.41. The van der Waals surface area contributed by atoms with Crippen molar-refractivity contribution in [1.29, 1.82) is 0 Å². The van der Waals surface area contributed by atoms with E-state index in [0.29, 0.717) is 27.4 Å². The summed E-state index contributed by atoms with van der Waals surface area (Å²) in [6.07, 6.45) is 3.64. The topological polar surface area (TPSA) is 67.2 Å². The first-order valence-corrected chi connectivity index (χ1v) is 10.8. The lowest BCUT2D eigenvalue weighted by molar-refractivity contribution is -0.116. The zero-order valence-electron chi connectivity index (χ0n) is 18.3. The van der Waals surface area contributed by atoms with Crippen molar-refractivity contribution in [2.45, 2.75) is 6.54 Å². The van der Waals surface area contributed by atoms with Crippen LogP contribution in [-0.4, -0.2) is 29.6 Å². The summed E-state index contributed by atoms with van der Waals surface area (Å²) in [5.74, 6) is 0.0723. The van der Waals surface area contributed by atoms with Crippen LogP contribution in [0.4, 0.5) is 11.4 Å². The third kappa shape index (κ3) is 5.30. The van der Waals surface area contributed by atoms with Gasteiger partial charge in [-0.1, -0.05) is 41.9 Å². The van der Waals surface area contributed by atoms with Gasteiger partial charge in [-0.05, 0) is 60.2 Å². The van der Waals surface area contributed by atoms with Crippen LogP contribution in [0.25, 0.3) is 23.1 Å². The first-order chi connectivity index (χ1) is 15.9. The number of hydrogen-bond donors (Lipinski definition) is 1. The Kier molecular flexibility index (Phi) is 6.56. The van der Waals surface area contributed by atoms with E-state index in [1.807, 2.05) is 55.4 Å². The van der Waals surface area contributed by atoms with Crippen molar-refractivity contribution in [3.05, 3.63) is 99.6 Å². The summed E-state index contributed by atoms with van der Waals surface area (Å²) >= 11 is 5.91. The third-order valence-electron chi connectivity index (χ3n) is 5.16. The molecule has 0 bridgehead atoms. The van der Waals surface area contributed by atoms with Crippen LogP contribution in [0.2, 0.25) is 5.02 Å². The summed E-state index contributed by atoms with van der Waals surface area (Å²) < 4.78 is 1.39. The van der Waals surface area contributed by atoms with Gasteiger partial charge in [-0.2, -0.15) is 0 Å². The number of halogens is 1. The van der Waals surface area contributed by atoms with Gasteiger partial charge in [-0.15, -0.1) is 0 Å². The van der Waals surface area contributed by atoms with Crippen LogP contribution in [0.15, 0.2) is 77.6 Å². The van der Waals surface area contributed by atoms with E-state index in [-0.39, 0.29) is 18.0 Å². The van der Waals surface area contributed by atoms with Gasteiger partial charge in [0.05, 0.1) is 10.9 Å². The summed E-state index contributed by atoms with van der Waals surface area (Å²) in [6, 6.07) is 21.9. The minimum atomic E-state index is -0.332. The molecule has 0 spiro atoms. The molecular formula is C26H23ClN4O2. The van der Waals surface area contributed by atoms with Crippen LogP contribution in [0, 0.1) is 0 Å². The molecule has 7 heteroatoms. The lowest BCUT2D eigenvalue weighted by Crippen LogP contribution is -2.30. The van der Waals surface area contributed by atoms with Crippen LogP contribution < -0.4 is 15.8 Å². The number of rotatable bonds is 6. The molecule has 6 nitrogen and oxygen atoms in total. The second-order valence-corrected chi connectivity index (χ2v) is 8.19. The lowest BCUT2D eigenvalue weighted by atomic mass is 10.2. The Balaban J connectivity index is 1.67. The van der Waals surface area contributed by atoms with Gasteiger partial charge in [0.1, 0.15) is 12.4 Å². The Labute approximate surface area is 196 Å². The zero-order valence-corrected chi connectivity index (χ0v) is 19.1. The average Bonchev–Trinajstić information content (AvgIpc) is 2.81. The molecule has 1 amide bonds. The molecule has 1 aromatic heterocycles. The summed E-state index contributed by atoms with van der Waals surface area (Å²) in [4.78, 5) is 32.6. The fourth-order valence-electron chi connectivity index (χ4n) is 3.40. The average molecular weight is 459 g/mol. The number of aromatic nitrogens is 2. The summed E-state index contributed by atoms with van der Waals surface area (Å²) in [5, 5.41) is 3.84. The minimum Gasteiger partial charge on any atom is -0.378 e. The fraction of sp³-hybridized carbons (Fsp3) is 0.115. The maximum atomic E-state index is 13.2. The second kappa shape index (κ2) is 9.71. The van der Waals surface area contributed by atoms with Crippen LogP contribution in [-0.2, 0) is 11.3 Å². The summed E-state index contributed by atoms with van der Waals surface area (Å²) in [6.45, 7) is -0.168. The van der Waals surface area contributed by atoms with Crippen molar-refractivity contribution < 1.29 is 4.79 Å². The van der Waals surface area contributed by atoms with Gasteiger partial charge >= 0.3 is 0 Å². The van der Waals surface area contributed by atoms with Gasteiger partial charge < -0.3 is 10.2 Å². The van der Waals surface area contributed by atoms with Crippen LogP contribution in [0.3, 0.4) is 0 Å². The Morgan fingerprint density at radius 3 is 2.39 bits per heavy atom. The largest absolute Gasteiger partial charge is 0.378 e. The molecule has 1 heterocycles. The van der Waals surface area contributed by atoms with E-state index in [1.165, 1.54) is 4.57 Å².